The van der Waals surface area contributed by atoms with Crippen LogP contribution in [0.3, 0.4) is 0 Å². The van der Waals surface area contributed by atoms with E-state index in [0.717, 1.165) is 30.3 Å². The van der Waals surface area contributed by atoms with Gasteiger partial charge in [0.25, 0.3) is 6.43 Å². The maximum Gasteiger partial charge on any atom is 0.335 e. The number of rotatable bonds is 7. The molecule has 1 unspecified atom stereocenters. The molecule has 0 spiro atoms. The summed E-state index contributed by atoms with van der Waals surface area (Å²) in [6.45, 7) is 6.81. The highest BCUT2D eigenvalue weighted by atomic mass is 19.3. The highest BCUT2D eigenvalue weighted by molar-refractivity contribution is 5.83. The normalized spacial score (nSPS) is 12.8. The van der Waals surface area contributed by atoms with Crippen molar-refractivity contribution >= 4 is 11.9 Å². The Morgan fingerprint density at radius 3 is 1.74 bits per heavy atom. The van der Waals surface area contributed by atoms with E-state index in [1.165, 1.54) is 0 Å². The third-order valence-corrected chi connectivity index (χ3v) is 4.39. The first-order valence-electron chi connectivity index (χ1n) is 8.42. The summed E-state index contributed by atoms with van der Waals surface area (Å²) in [5.41, 5.74) is -4.95. The summed E-state index contributed by atoms with van der Waals surface area (Å²) in [6.07, 6.45) is -2.22. The zero-order valence-electron chi connectivity index (χ0n) is 15.9. The molecule has 0 radical (unpaired) electrons. The fourth-order valence-corrected chi connectivity index (χ4v) is 2.71. The average molecular weight is 444 g/mol. The zero-order chi connectivity index (χ0) is 23.5. The number of esters is 2. The summed E-state index contributed by atoms with van der Waals surface area (Å²) in [4.78, 5) is 22.4. The zero-order valence-corrected chi connectivity index (χ0v) is 15.9. The molecule has 0 N–H and O–H groups in total. The molecule has 0 saturated heterocycles. The van der Waals surface area contributed by atoms with Gasteiger partial charge in [-0.05, 0) is 24.6 Å². The summed E-state index contributed by atoms with van der Waals surface area (Å²) in [7, 11) is 0. The average Bonchev–Trinajstić information content (AvgIpc) is 2.75. The molecule has 0 amide bonds. The van der Waals surface area contributed by atoms with Gasteiger partial charge >= 0.3 is 11.9 Å². The number of benzene rings is 2. The first-order valence-corrected chi connectivity index (χ1v) is 8.42. The Balaban J connectivity index is 2.68. The van der Waals surface area contributed by atoms with Crippen molar-refractivity contribution in [2.45, 2.75) is 18.8 Å². The van der Waals surface area contributed by atoms with Gasteiger partial charge in [-0.3, -0.25) is 0 Å². The van der Waals surface area contributed by atoms with Gasteiger partial charge in [0.2, 0.25) is 17.4 Å². The van der Waals surface area contributed by atoms with Crippen LogP contribution in [0.4, 0.5) is 26.3 Å². The SMILES string of the molecule is C=CC(=O)Oc1ccc(C(C)(c2c(F)c(F)c(OC(=O)C=C)c(F)c2F)C(F)F)cc1. The number of carbonyl (C=O) groups is 2. The van der Waals surface area contributed by atoms with E-state index in [-0.39, 0.29) is 5.75 Å². The van der Waals surface area contributed by atoms with Crippen LogP contribution in [-0.4, -0.2) is 18.4 Å². The summed E-state index contributed by atoms with van der Waals surface area (Å²) < 4.78 is 95.1. The number of carbonyl (C=O) groups excluding carboxylic acids is 2. The van der Waals surface area contributed by atoms with Crippen LogP contribution >= 0.6 is 0 Å². The Morgan fingerprint density at radius 1 is 0.871 bits per heavy atom. The van der Waals surface area contributed by atoms with Gasteiger partial charge in [0.15, 0.2) is 11.6 Å². The lowest BCUT2D eigenvalue weighted by Gasteiger charge is -2.31. The Bertz CT molecular complexity index is 1020. The molecule has 1 atom stereocenters. The minimum absolute atomic E-state index is 0.102. The van der Waals surface area contributed by atoms with Gasteiger partial charge in [-0.25, -0.2) is 27.2 Å². The first kappa shape index (κ1) is 23.7. The Kier molecular flexibility index (Phi) is 6.94. The number of ether oxygens (including phenoxy) is 2. The van der Waals surface area contributed by atoms with Crippen LogP contribution in [-0.2, 0) is 15.0 Å². The minimum Gasteiger partial charge on any atom is -0.423 e. The van der Waals surface area contributed by atoms with E-state index in [0.29, 0.717) is 13.0 Å². The lowest BCUT2D eigenvalue weighted by atomic mass is 9.75. The van der Waals surface area contributed by atoms with Gasteiger partial charge < -0.3 is 9.47 Å². The maximum absolute atomic E-state index is 14.7. The molecule has 10 heteroatoms. The van der Waals surface area contributed by atoms with Crippen LogP contribution in [0, 0.1) is 23.3 Å². The molecule has 0 aromatic heterocycles. The summed E-state index contributed by atoms with van der Waals surface area (Å²) >= 11 is 0. The van der Waals surface area contributed by atoms with Crippen LogP contribution in [0.2, 0.25) is 0 Å². The van der Waals surface area contributed by atoms with E-state index in [4.69, 9.17) is 4.74 Å². The highest BCUT2D eigenvalue weighted by Crippen LogP contribution is 2.44. The second-order valence-electron chi connectivity index (χ2n) is 6.24. The molecule has 0 aliphatic rings. The standard InChI is InChI=1S/C21H14F6O4/c1-4-12(28)30-11-8-6-10(7-9-11)21(3,20(26)27)14-15(22)17(24)19(18(25)16(14)23)31-13(29)5-2/h4-9,20H,1-2H2,3H3. The predicted octanol–water partition coefficient (Wildman–Crippen LogP) is 5.00. The second-order valence-corrected chi connectivity index (χ2v) is 6.24. The summed E-state index contributed by atoms with van der Waals surface area (Å²) in [5, 5.41) is 0. The van der Waals surface area contributed by atoms with Gasteiger partial charge in [-0.2, -0.15) is 8.78 Å². The second kappa shape index (κ2) is 9.07. The molecule has 0 bridgehead atoms. The molecule has 2 aromatic rings. The minimum atomic E-state index is -3.54. The monoisotopic (exact) mass is 444 g/mol. The van der Waals surface area contributed by atoms with Gasteiger partial charge in [0.1, 0.15) is 5.75 Å². The lowest BCUT2D eigenvalue weighted by Crippen LogP contribution is -2.35. The van der Waals surface area contributed by atoms with Crippen LogP contribution in [0.1, 0.15) is 18.1 Å². The van der Waals surface area contributed by atoms with E-state index in [9.17, 15) is 35.9 Å². The maximum atomic E-state index is 14.7. The largest absolute Gasteiger partial charge is 0.423 e. The first-order chi connectivity index (χ1) is 14.5. The van der Waals surface area contributed by atoms with Crippen LogP contribution in [0.15, 0.2) is 49.6 Å². The third-order valence-electron chi connectivity index (χ3n) is 4.39. The molecular formula is C21H14F6O4. The number of hydrogen-bond acceptors (Lipinski definition) is 4. The van der Waals surface area contributed by atoms with Gasteiger partial charge in [-0.1, -0.05) is 25.3 Å². The van der Waals surface area contributed by atoms with Crippen molar-refractivity contribution in [3.8, 4) is 11.5 Å². The van der Waals surface area contributed by atoms with Gasteiger partial charge in [-0.15, -0.1) is 0 Å². The topological polar surface area (TPSA) is 52.6 Å². The highest BCUT2D eigenvalue weighted by Gasteiger charge is 2.46. The molecule has 4 nitrogen and oxygen atoms in total. The molecule has 0 heterocycles. The summed E-state index contributed by atoms with van der Waals surface area (Å²) in [5.74, 6) is -12.8. The number of hydrogen-bond donors (Lipinski definition) is 0. The molecular weight excluding hydrogens is 430 g/mol. The van der Waals surface area contributed by atoms with E-state index < -0.39 is 63.9 Å². The van der Waals surface area contributed by atoms with E-state index >= 15 is 0 Å². The lowest BCUT2D eigenvalue weighted by molar-refractivity contribution is -0.130. The fourth-order valence-electron chi connectivity index (χ4n) is 2.71. The molecule has 0 saturated carbocycles. The van der Waals surface area contributed by atoms with Crippen molar-refractivity contribution in [2.75, 3.05) is 0 Å². The van der Waals surface area contributed by atoms with Crippen LogP contribution in [0.5, 0.6) is 11.5 Å². The van der Waals surface area contributed by atoms with E-state index in [2.05, 4.69) is 17.9 Å². The molecule has 2 rings (SSSR count). The predicted molar refractivity (Wildman–Crippen MR) is 96.8 cm³/mol. The number of alkyl halides is 2. The quantitative estimate of drug-likeness (QED) is 0.198. The molecule has 0 aliphatic heterocycles. The van der Waals surface area contributed by atoms with Crippen molar-refractivity contribution in [3.05, 3.63) is 84.0 Å². The van der Waals surface area contributed by atoms with Crippen molar-refractivity contribution in [1.82, 2.24) is 0 Å². The molecule has 2 aromatic carbocycles. The van der Waals surface area contributed by atoms with Crippen molar-refractivity contribution in [1.29, 1.82) is 0 Å². The molecule has 0 aliphatic carbocycles. The van der Waals surface area contributed by atoms with Gasteiger partial charge in [0, 0.05) is 17.7 Å². The Hall–Kier alpha value is -3.56. The molecule has 0 fully saturated rings. The Labute approximate surface area is 172 Å². The number of halogens is 6. The molecule has 164 valence electrons. The van der Waals surface area contributed by atoms with Crippen LogP contribution in [0.25, 0.3) is 0 Å². The van der Waals surface area contributed by atoms with E-state index in [1.54, 1.807) is 0 Å². The van der Waals surface area contributed by atoms with Gasteiger partial charge in [0.05, 0.1) is 5.41 Å². The van der Waals surface area contributed by atoms with E-state index in [1.807, 2.05) is 0 Å². The van der Waals surface area contributed by atoms with Crippen LogP contribution < -0.4 is 9.47 Å². The van der Waals surface area contributed by atoms with Crippen molar-refractivity contribution < 1.29 is 45.4 Å². The smallest absolute Gasteiger partial charge is 0.335 e. The fraction of sp³-hybridized carbons (Fsp3) is 0.143. The summed E-state index contributed by atoms with van der Waals surface area (Å²) in [6, 6.07) is 3.97. The third kappa shape index (κ3) is 4.32. The Morgan fingerprint density at radius 2 is 1.32 bits per heavy atom. The van der Waals surface area contributed by atoms with Crippen molar-refractivity contribution in [3.63, 3.8) is 0 Å². The van der Waals surface area contributed by atoms with Crippen molar-refractivity contribution in [2.24, 2.45) is 0 Å². The molecule has 31 heavy (non-hydrogen) atoms.